The number of halogens is 2. The first-order valence-electron chi connectivity index (χ1n) is 17.9. The molecule has 15 heteroatoms. The van der Waals surface area contributed by atoms with E-state index in [0.29, 0.717) is 38.3 Å². The molecular formula is C37H56Cl2N4O7S2. The van der Waals surface area contributed by atoms with E-state index in [0.717, 1.165) is 38.3 Å². The Kier molecular flexibility index (Phi) is 17.3. The highest BCUT2D eigenvalue weighted by Gasteiger charge is 2.37. The number of carbonyl (C=O) groups is 2. The Labute approximate surface area is 321 Å². The van der Waals surface area contributed by atoms with Gasteiger partial charge in [-0.05, 0) is 101 Å². The fourth-order valence-corrected chi connectivity index (χ4v) is 10.8. The lowest BCUT2D eigenvalue weighted by Gasteiger charge is -2.37. The minimum absolute atomic E-state index is 0. The van der Waals surface area contributed by atoms with Gasteiger partial charge in [0.25, 0.3) is 0 Å². The molecule has 1 amide bonds. The molecule has 4 heterocycles. The topological polar surface area (TPSA) is 144 Å². The summed E-state index contributed by atoms with van der Waals surface area (Å²) >= 11 is 12.0. The first kappa shape index (κ1) is 44.1. The van der Waals surface area contributed by atoms with E-state index < -0.39 is 31.9 Å². The van der Waals surface area contributed by atoms with Gasteiger partial charge in [-0.25, -0.2) is 16.8 Å². The van der Waals surface area contributed by atoms with Crippen LogP contribution in [0.25, 0.3) is 0 Å². The highest BCUT2D eigenvalue weighted by atomic mass is 35.5. The first-order chi connectivity index (χ1) is 24.2. The lowest BCUT2D eigenvalue weighted by Crippen LogP contribution is -2.48. The number of nitrogens with zero attached hydrogens (tertiary/aromatic N) is 3. The van der Waals surface area contributed by atoms with Gasteiger partial charge in [-0.1, -0.05) is 68.7 Å². The van der Waals surface area contributed by atoms with Crippen LogP contribution in [-0.4, -0.2) is 99.7 Å². The van der Waals surface area contributed by atoms with Crippen LogP contribution in [0.4, 0.5) is 0 Å². The van der Waals surface area contributed by atoms with Crippen molar-refractivity contribution in [2.75, 3.05) is 52.4 Å². The second-order valence-electron chi connectivity index (χ2n) is 14.0. The fourth-order valence-electron chi connectivity index (χ4n) is 6.76. The standard InChI is InChI=1S/C18H25ClN2O3S.C12H14ClNO4S.C6H13N.CH4/c1-14-8-11-20(12-9-14)18(22)15-5-4-10-21(13-15)25(23,24)17-7-3-2-6-16(17)19;13-10-5-1-2-6-11(10)19(17,18)14-7-3-4-9(8-14)12(15)16;1-6-2-4-7-5-3-6;/h2-3,6-7,14-15H,4-5,8-13H2,1H3;1-2,5-6,9H,3-4,7-8H2,(H,15,16);6-7H,2-5H2,1H3;1H4. The summed E-state index contributed by atoms with van der Waals surface area (Å²) in [6.07, 6.45) is 7.30. The maximum Gasteiger partial charge on any atom is 0.307 e. The van der Waals surface area contributed by atoms with E-state index in [2.05, 4.69) is 19.2 Å². The van der Waals surface area contributed by atoms with Crippen LogP contribution < -0.4 is 5.32 Å². The van der Waals surface area contributed by atoms with Crippen molar-refractivity contribution in [1.29, 1.82) is 0 Å². The number of hydrogen-bond donors (Lipinski definition) is 2. The normalized spacial score (nSPS) is 22.5. The van der Waals surface area contributed by atoms with E-state index in [1.54, 1.807) is 30.3 Å². The SMILES string of the molecule is C.CC1CCN(C(=O)C2CCCN(S(=O)(=O)c3ccccc3Cl)C2)CC1.CC1CCNCC1.O=C(O)C1CCCN(S(=O)(=O)c2ccccc2Cl)C1. The van der Waals surface area contributed by atoms with Crippen molar-refractivity contribution < 1.29 is 31.5 Å². The molecule has 2 N–H and O–H groups in total. The Bertz CT molecular complexity index is 1680. The Morgan fingerprint density at radius 3 is 1.52 bits per heavy atom. The number of sulfonamides is 2. The van der Waals surface area contributed by atoms with Crippen LogP contribution in [0.1, 0.15) is 72.6 Å². The van der Waals surface area contributed by atoms with Crippen LogP contribution in [0.5, 0.6) is 0 Å². The number of aliphatic carboxylic acids is 1. The largest absolute Gasteiger partial charge is 0.481 e. The van der Waals surface area contributed by atoms with E-state index in [1.807, 2.05) is 4.90 Å². The Morgan fingerprint density at radius 2 is 1.10 bits per heavy atom. The maximum atomic E-state index is 12.9. The van der Waals surface area contributed by atoms with Gasteiger partial charge in [0.05, 0.1) is 21.9 Å². The number of rotatable bonds is 6. The third kappa shape index (κ3) is 11.9. The number of carboxylic acids is 1. The van der Waals surface area contributed by atoms with Gasteiger partial charge in [0.1, 0.15) is 9.79 Å². The highest BCUT2D eigenvalue weighted by Crippen LogP contribution is 2.30. The van der Waals surface area contributed by atoms with Gasteiger partial charge in [0.15, 0.2) is 0 Å². The molecule has 4 fully saturated rings. The van der Waals surface area contributed by atoms with Crippen LogP contribution in [0.3, 0.4) is 0 Å². The van der Waals surface area contributed by atoms with Gasteiger partial charge in [-0.2, -0.15) is 8.61 Å². The molecule has 6 rings (SSSR count). The zero-order chi connectivity index (χ0) is 37.2. The van der Waals surface area contributed by atoms with Crippen molar-refractivity contribution >= 4 is 55.1 Å². The number of amides is 1. The van der Waals surface area contributed by atoms with Crippen molar-refractivity contribution in [3.63, 3.8) is 0 Å². The van der Waals surface area contributed by atoms with Gasteiger partial charge in [0.2, 0.25) is 26.0 Å². The van der Waals surface area contributed by atoms with E-state index >= 15 is 0 Å². The minimum atomic E-state index is -3.72. The van der Waals surface area contributed by atoms with Crippen molar-refractivity contribution in [2.24, 2.45) is 23.7 Å². The number of hydrogen-bond acceptors (Lipinski definition) is 7. The van der Waals surface area contributed by atoms with Crippen LogP contribution in [0.15, 0.2) is 58.3 Å². The van der Waals surface area contributed by atoms with Gasteiger partial charge in [0, 0.05) is 39.3 Å². The van der Waals surface area contributed by atoms with Gasteiger partial charge in [-0.15, -0.1) is 0 Å². The molecule has 2 aromatic rings. The molecule has 4 aliphatic heterocycles. The van der Waals surface area contributed by atoms with Crippen molar-refractivity contribution in [1.82, 2.24) is 18.8 Å². The fraction of sp³-hybridized carbons (Fsp3) is 0.622. The van der Waals surface area contributed by atoms with Gasteiger partial charge < -0.3 is 15.3 Å². The smallest absolute Gasteiger partial charge is 0.307 e. The van der Waals surface area contributed by atoms with Crippen LogP contribution in [-0.2, 0) is 29.6 Å². The summed E-state index contributed by atoms with van der Waals surface area (Å²) in [5, 5.41) is 12.7. The molecule has 0 aromatic heterocycles. The first-order valence-corrected chi connectivity index (χ1v) is 21.6. The Morgan fingerprint density at radius 1 is 0.673 bits per heavy atom. The lowest BCUT2D eigenvalue weighted by molar-refractivity contribution is -0.143. The summed E-state index contributed by atoms with van der Waals surface area (Å²) in [6, 6.07) is 12.7. The average Bonchev–Trinajstić information content (AvgIpc) is 3.13. The molecule has 2 aromatic carbocycles. The second kappa shape index (κ2) is 20.4. The molecule has 292 valence electrons. The zero-order valence-corrected chi connectivity index (χ0v) is 32.7. The van der Waals surface area contributed by atoms with Crippen LogP contribution in [0.2, 0.25) is 10.0 Å². The average molecular weight is 804 g/mol. The molecule has 52 heavy (non-hydrogen) atoms. The third-order valence-corrected chi connectivity index (χ3v) is 14.8. The molecule has 4 saturated heterocycles. The van der Waals surface area contributed by atoms with Crippen molar-refractivity contribution in [3.05, 3.63) is 58.6 Å². The molecular weight excluding hydrogens is 747 g/mol. The summed E-state index contributed by atoms with van der Waals surface area (Å²) in [5.41, 5.74) is 0. The predicted molar refractivity (Wildman–Crippen MR) is 206 cm³/mol. The van der Waals surface area contributed by atoms with Gasteiger partial charge in [-0.3, -0.25) is 9.59 Å². The predicted octanol–water partition coefficient (Wildman–Crippen LogP) is 6.47. The molecule has 11 nitrogen and oxygen atoms in total. The zero-order valence-electron chi connectivity index (χ0n) is 29.6. The lowest BCUT2D eigenvalue weighted by atomic mass is 9.94. The summed E-state index contributed by atoms with van der Waals surface area (Å²) in [4.78, 5) is 25.9. The Hall–Kier alpha value is -2.26. The Balaban J connectivity index is 0.000000238. The highest BCUT2D eigenvalue weighted by molar-refractivity contribution is 7.89. The molecule has 0 bridgehead atoms. The molecule has 0 spiro atoms. The van der Waals surface area contributed by atoms with E-state index in [4.69, 9.17) is 28.3 Å². The van der Waals surface area contributed by atoms with Crippen LogP contribution in [0, 0.1) is 23.7 Å². The molecule has 0 aliphatic carbocycles. The monoisotopic (exact) mass is 802 g/mol. The van der Waals surface area contributed by atoms with Crippen LogP contribution >= 0.6 is 23.2 Å². The molecule has 4 aliphatic rings. The number of carbonyl (C=O) groups excluding carboxylic acids is 1. The number of carboxylic acid groups (broad SMARTS) is 1. The number of likely N-dealkylation sites (tertiary alicyclic amines) is 1. The van der Waals surface area contributed by atoms with E-state index in [1.165, 1.54) is 52.7 Å². The molecule has 2 unspecified atom stereocenters. The third-order valence-electron chi connectivity index (χ3n) is 10.1. The number of benzene rings is 2. The quantitative estimate of drug-likeness (QED) is 0.339. The molecule has 0 radical (unpaired) electrons. The maximum absolute atomic E-state index is 12.9. The number of nitrogens with one attached hydrogen (secondary N) is 1. The van der Waals surface area contributed by atoms with E-state index in [9.17, 15) is 26.4 Å². The summed E-state index contributed by atoms with van der Waals surface area (Å²) in [7, 11) is -7.39. The molecule has 0 saturated carbocycles. The van der Waals surface area contributed by atoms with Crippen molar-refractivity contribution in [3.8, 4) is 0 Å². The summed E-state index contributed by atoms with van der Waals surface area (Å²) < 4.78 is 53.3. The van der Waals surface area contributed by atoms with Crippen molar-refractivity contribution in [2.45, 2.75) is 82.4 Å². The number of piperidine rings is 4. The van der Waals surface area contributed by atoms with Gasteiger partial charge >= 0.3 is 5.97 Å². The molecule has 2 atom stereocenters. The minimum Gasteiger partial charge on any atom is -0.481 e. The second-order valence-corrected chi connectivity index (χ2v) is 18.7. The summed E-state index contributed by atoms with van der Waals surface area (Å²) in [6.45, 7) is 9.60. The summed E-state index contributed by atoms with van der Waals surface area (Å²) in [5.74, 6) is -0.121. The van der Waals surface area contributed by atoms with E-state index in [-0.39, 0.29) is 52.2 Å².